The first kappa shape index (κ1) is 12.1. The first-order chi connectivity index (χ1) is 7.04. The highest BCUT2D eigenvalue weighted by atomic mass is 35.5. The van der Waals surface area contributed by atoms with Crippen molar-refractivity contribution in [1.82, 2.24) is 0 Å². The number of aromatic hydroxyl groups is 1. The lowest BCUT2D eigenvalue weighted by molar-refractivity contribution is 0.370. The third-order valence-corrected chi connectivity index (χ3v) is 2.43. The summed E-state index contributed by atoms with van der Waals surface area (Å²) in [6, 6.07) is 3.43. The Kier molecular flexibility index (Phi) is 4.24. The van der Waals surface area contributed by atoms with E-state index < -0.39 is 0 Å². The van der Waals surface area contributed by atoms with Gasteiger partial charge >= 0.3 is 0 Å². The van der Waals surface area contributed by atoms with Crippen LogP contribution >= 0.6 is 11.6 Å². The molecular weight excluding hydrogens is 214 g/mol. The van der Waals surface area contributed by atoms with Crippen molar-refractivity contribution in [3.8, 4) is 11.5 Å². The summed E-state index contributed by atoms with van der Waals surface area (Å²) in [5.41, 5.74) is 6.43. The number of ether oxygens (including phenoxy) is 1. The third-order valence-electron chi connectivity index (χ3n) is 2.21. The van der Waals surface area contributed by atoms with Crippen molar-refractivity contribution in [3.63, 3.8) is 0 Å². The van der Waals surface area contributed by atoms with Crippen molar-refractivity contribution in [2.75, 3.05) is 7.11 Å². The molecule has 0 radical (unpaired) electrons. The predicted octanol–water partition coefficient (Wildman–Crippen LogP) is 2.33. The fourth-order valence-electron chi connectivity index (χ4n) is 1.36. The van der Waals surface area contributed by atoms with Gasteiger partial charge in [-0.15, -0.1) is 0 Å². The third kappa shape index (κ3) is 3.29. The summed E-state index contributed by atoms with van der Waals surface area (Å²) in [6.07, 6.45) is 1.50. The van der Waals surface area contributed by atoms with Crippen molar-refractivity contribution in [2.24, 2.45) is 5.73 Å². The number of rotatable bonds is 4. The number of aryl methyl sites for hydroxylation is 1. The first-order valence-electron chi connectivity index (χ1n) is 4.85. The van der Waals surface area contributed by atoms with Crippen LogP contribution in [0.5, 0.6) is 11.5 Å². The highest BCUT2D eigenvalue weighted by Crippen LogP contribution is 2.34. The Morgan fingerprint density at radius 1 is 1.53 bits per heavy atom. The zero-order chi connectivity index (χ0) is 11.4. The standard InChI is InChI=1S/C11H16ClNO2/c1-7(13)3-4-8-5-9(12)6-10(15-2)11(8)14/h5-7,14H,3-4,13H2,1-2H3. The number of halogens is 1. The molecule has 1 aromatic rings. The molecule has 0 aliphatic carbocycles. The Labute approximate surface area is 94.8 Å². The number of nitrogens with two attached hydrogens (primary N) is 1. The fraction of sp³-hybridized carbons (Fsp3) is 0.455. The van der Waals surface area contributed by atoms with Crippen LogP contribution in [0.15, 0.2) is 12.1 Å². The molecule has 1 unspecified atom stereocenters. The summed E-state index contributed by atoms with van der Waals surface area (Å²) in [5.74, 6) is 0.560. The Morgan fingerprint density at radius 2 is 2.20 bits per heavy atom. The van der Waals surface area contributed by atoms with E-state index in [1.54, 1.807) is 12.1 Å². The number of hydrogen-bond donors (Lipinski definition) is 2. The lowest BCUT2D eigenvalue weighted by Crippen LogP contribution is -2.15. The zero-order valence-electron chi connectivity index (χ0n) is 8.96. The van der Waals surface area contributed by atoms with Crippen LogP contribution in [0.25, 0.3) is 0 Å². The Balaban J connectivity index is 2.91. The predicted molar refractivity (Wildman–Crippen MR) is 61.6 cm³/mol. The molecule has 3 N–H and O–H groups in total. The molecular formula is C11H16ClNO2. The minimum absolute atomic E-state index is 0.106. The van der Waals surface area contributed by atoms with Crippen LogP contribution in [0.1, 0.15) is 18.9 Å². The number of phenols is 1. The van der Waals surface area contributed by atoms with E-state index in [0.717, 1.165) is 12.0 Å². The molecule has 1 aromatic carbocycles. The second-order valence-corrected chi connectivity index (χ2v) is 4.07. The average molecular weight is 230 g/mol. The largest absolute Gasteiger partial charge is 0.504 e. The minimum atomic E-state index is 0.106. The summed E-state index contributed by atoms with van der Waals surface area (Å²) in [4.78, 5) is 0. The van der Waals surface area contributed by atoms with Gasteiger partial charge in [0.2, 0.25) is 0 Å². The summed E-state index contributed by atoms with van der Waals surface area (Å²) in [5, 5.41) is 10.4. The van der Waals surface area contributed by atoms with Crippen molar-refractivity contribution >= 4 is 11.6 Å². The molecule has 0 heterocycles. The smallest absolute Gasteiger partial charge is 0.162 e. The van der Waals surface area contributed by atoms with Crippen LogP contribution < -0.4 is 10.5 Å². The number of hydrogen-bond acceptors (Lipinski definition) is 3. The minimum Gasteiger partial charge on any atom is -0.504 e. The van der Waals surface area contributed by atoms with Crippen LogP contribution in [0, 0.1) is 0 Å². The van der Waals surface area contributed by atoms with E-state index in [1.807, 2.05) is 6.92 Å². The van der Waals surface area contributed by atoms with E-state index in [9.17, 15) is 5.11 Å². The molecule has 3 nitrogen and oxygen atoms in total. The molecule has 84 valence electrons. The van der Waals surface area contributed by atoms with Gasteiger partial charge in [-0.3, -0.25) is 0 Å². The summed E-state index contributed by atoms with van der Waals surface area (Å²) >= 11 is 5.89. The van der Waals surface area contributed by atoms with Gasteiger partial charge in [0.1, 0.15) is 0 Å². The fourth-order valence-corrected chi connectivity index (χ4v) is 1.59. The van der Waals surface area contributed by atoms with Crippen molar-refractivity contribution in [1.29, 1.82) is 0 Å². The molecule has 0 fully saturated rings. The van der Waals surface area contributed by atoms with Gasteiger partial charge in [0.05, 0.1) is 7.11 Å². The highest BCUT2D eigenvalue weighted by molar-refractivity contribution is 6.30. The number of benzene rings is 1. The van der Waals surface area contributed by atoms with E-state index in [4.69, 9.17) is 22.1 Å². The molecule has 0 saturated heterocycles. The van der Waals surface area contributed by atoms with E-state index in [1.165, 1.54) is 7.11 Å². The molecule has 0 aliphatic heterocycles. The van der Waals surface area contributed by atoms with E-state index in [-0.39, 0.29) is 11.8 Å². The molecule has 0 aromatic heterocycles. The van der Waals surface area contributed by atoms with Crippen LogP contribution in [-0.4, -0.2) is 18.3 Å². The van der Waals surface area contributed by atoms with Gasteiger partial charge in [-0.2, -0.15) is 0 Å². The topological polar surface area (TPSA) is 55.5 Å². The van der Waals surface area contributed by atoms with Gasteiger partial charge < -0.3 is 15.6 Å². The molecule has 0 amide bonds. The highest BCUT2D eigenvalue weighted by Gasteiger charge is 2.10. The second-order valence-electron chi connectivity index (χ2n) is 3.63. The second kappa shape index (κ2) is 5.24. The maximum Gasteiger partial charge on any atom is 0.162 e. The normalized spacial score (nSPS) is 12.5. The Morgan fingerprint density at radius 3 is 2.73 bits per heavy atom. The molecule has 0 aliphatic rings. The van der Waals surface area contributed by atoms with E-state index >= 15 is 0 Å². The number of phenolic OH excluding ortho intramolecular Hbond substituents is 1. The Hall–Kier alpha value is -0.930. The maximum atomic E-state index is 9.80. The van der Waals surface area contributed by atoms with Crippen molar-refractivity contribution in [3.05, 3.63) is 22.7 Å². The summed E-state index contributed by atoms with van der Waals surface area (Å²) < 4.78 is 5.01. The molecule has 4 heteroatoms. The first-order valence-corrected chi connectivity index (χ1v) is 5.23. The van der Waals surface area contributed by atoms with Crippen molar-refractivity contribution < 1.29 is 9.84 Å². The van der Waals surface area contributed by atoms with E-state index in [0.29, 0.717) is 17.2 Å². The van der Waals surface area contributed by atoms with Crippen LogP contribution in [0.4, 0.5) is 0 Å². The summed E-state index contributed by atoms with van der Waals surface area (Å²) in [6.45, 7) is 1.93. The van der Waals surface area contributed by atoms with Gasteiger partial charge in [0.15, 0.2) is 11.5 Å². The number of methoxy groups -OCH3 is 1. The van der Waals surface area contributed by atoms with Gasteiger partial charge in [-0.1, -0.05) is 11.6 Å². The zero-order valence-corrected chi connectivity index (χ0v) is 9.71. The SMILES string of the molecule is COc1cc(Cl)cc(CCC(C)N)c1O. The lowest BCUT2D eigenvalue weighted by atomic mass is 10.1. The van der Waals surface area contributed by atoms with Crippen LogP contribution in [0.2, 0.25) is 5.02 Å². The van der Waals surface area contributed by atoms with Crippen LogP contribution in [0.3, 0.4) is 0 Å². The average Bonchev–Trinajstić information content (AvgIpc) is 2.18. The lowest BCUT2D eigenvalue weighted by Gasteiger charge is -2.10. The molecule has 1 atom stereocenters. The monoisotopic (exact) mass is 229 g/mol. The molecule has 0 spiro atoms. The van der Waals surface area contributed by atoms with Gasteiger partial charge in [-0.05, 0) is 31.4 Å². The van der Waals surface area contributed by atoms with Gasteiger partial charge in [-0.25, -0.2) is 0 Å². The summed E-state index contributed by atoms with van der Waals surface area (Å²) in [7, 11) is 1.50. The Bertz CT molecular complexity index is 340. The van der Waals surface area contributed by atoms with Crippen molar-refractivity contribution in [2.45, 2.75) is 25.8 Å². The molecule has 0 saturated carbocycles. The van der Waals surface area contributed by atoms with Gasteiger partial charge in [0.25, 0.3) is 0 Å². The van der Waals surface area contributed by atoms with Crippen LogP contribution in [-0.2, 0) is 6.42 Å². The van der Waals surface area contributed by atoms with E-state index in [2.05, 4.69) is 0 Å². The molecule has 15 heavy (non-hydrogen) atoms. The molecule has 0 bridgehead atoms. The molecule has 1 rings (SSSR count). The van der Waals surface area contributed by atoms with Gasteiger partial charge in [0, 0.05) is 17.1 Å². The maximum absolute atomic E-state index is 9.80. The quantitative estimate of drug-likeness (QED) is 0.833.